The molecule has 0 unspecified atom stereocenters. The van der Waals surface area contributed by atoms with Gasteiger partial charge >= 0.3 is 0 Å². The number of benzene rings is 2. The number of nitrogens with one attached hydrogen (secondary N) is 1. The SMILES string of the molecule is CCN(c1ccccc1)c1cc(OC)ccc1C(=N)N. The second kappa shape index (κ2) is 6.10. The average molecular weight is 269 g/mol. The molecule has 2 aromatic carbocycles. The zero-order chi connectivity index (χ0) is 14.5. The van der Waals surface area contributed by atoms with Crippen molar-refractivity contribution in [2.24, 2.45) is 5.73 Å². The van der Waals surface area contributed by atoms with Gasteiger partial charge in [-0.1, -0.05) is 18.2 Å². The number of ether oxygens (including phenoxy) is 1. The van der Waals surface area contributed by atoms with Crippen molar-refractivity contribution in [3.63, 3.8) is 0 Å². The Morgan fingerprint density at radius 3 is 2.45 bits per heavy atom. The minimum atomic E-state index is 0.0528. The number of methoxy groups -OCH3 is 1. The summed E-state index contributed by atoms with van der Waals surface area (Å²) in [5.74, 6) is 0.802. The molecule has 0 amide bonds. The fourth-order valence-corrected chi connectivity index (χ4v) is 2.19. The van der Waals surface area contributed by atoms with Gasteiger partial charge in [0.15, 0.2) is 0 Å². The second-order valence-corrected chi connectivity index (χ2v) is 4.38. The molecule has 0 spiro atoms. The van der Waals surface area contributed by atoms with Crippen LogP contribution in [0.15, 0.2) is 48.5 Å². The molecule has 0 aromatic heterocycles. The van der Waals surface area contributed by atoms with Gasteiger partial charge in [0.25, 0.3) is 0 Å². The van der Waals surface area contributed by atoms with Crippen molar-refractivity contribution < 1.29 is 4.74 Å². The molecule has 0 fully saturated rings. The lowest BCUT2D eigenvalue weighted by molar-refractivity contribution is 0.415. The monoisotopic (exact) mass is 269 g/mol. The van der Waals surface area contributed by atoms with Crippen LogP contribution in [0.1, 0.15) is 12.5 Å². The van der Waals surface area contributed by atoms with Crippen LogP contribution in [0.5, 0.6) is 5.75 Å². The summed E-state index contributed by atoms with van der Waals surface area (Å²) in [5.41, 5.74) is 8.34. The van der Waals surface area contributed by atoms with Crippen molar-refractivity contribution in [2.75, 3.05) is 18.6 Å². The number of hydrogen-bond acceptors (Lipinski definition) is 3. The lowest BCUT2D eigenvalue weighted by Crippen LogP contribution is -2.21. The molecule has 104 valence electrons. The molecule has 0 aliphatic heterocycles. The lowest BCUT2D eigenvalue weighted by atomic mass is 10.1. The first-order chi connectivity index (χ1) is 9.67. The summed E-state index contributed by atoms with van der Waals surface area (Å²) in [7, 11) is 1.63. The molecular formula is C16H19N3O. The predicted molar refractivity (Wildman–Crippen MR) is 83.1 cm³/mol. The molecule has 2 rings (SSSR count). The Kier molecular flexibility index (Phi) is 4.25. The van der Waals surface area contributed by atoms with Crippen molar-refractivity contribution in [2.45, 2.75) is 6.92 Å². The van der Waals surface area contributed by atoms with E-state index in [9.17, 15) is 0 Å². The summed E-state index contributed by atoms with van der Waals surface area (Å²) in [6.45, 7) is 2.84. The molecule has 0 bridgehead atoms. The molecular weight excluding hydrogens is 250 g/mol. The zero-order valence-electron chi connectivity index (χ0n) is 11.8. The van der Waals surface area contributed by atoms with Crippen LogP contribution >= 0.6 is 0 Å². The molecule has 4 nitrogen and oxygen atoms in total. The Balaban J connectivity index is 2.55. The van der Waals surface area contributed by atoms with E-state index in [1.54, 1.807) is 7.11 Å². The molecule has 0 aliphatic carbocycles. The third-order valence-electron chi connectivity index (χ3n) is 3.17. The van der Waals surface area contributed by atoms with Crippen LogP contribution in [0, 0.1) is 5.41 Å². The number of nitrogen functional groups attached to an aromatic ring is 1. The molecule has 3 N–H and O–H groups in total. The van der Waals surface area contributed by atoms with Crippen LogP contribution in [0.2, 0.25) is 0 Å². The molecule has 0 radical (unpaired) electrons. The van der Waals surface area contributed by atoms with Crippen LogP contribution in [0.3, 0.4) is 0 Å². The number of hydrogen-bond donors (Lipinski definition) is 2. The highest BCUT2D eigenvalue weighted by molar-refractivity contribution is 6.01. The van der Waals surface area contributed by atoms with E-state index < -0.39 is 0 Å². The highest BCUT2D eigenvalue weighted by Gasteiger charge is 2.14. The second-order valence-electron chi connectivity index (χ2n) is 4.38. The number of nitrogens with zero attached hydrogens (tertiary/aromatic N) is 1. The predicted octanol–water partition coefficient (Wildman–Crippen LogP) is 3.14. The Hall–Kier alpha value is -2.49. The maximum Gasteiger partial charge on any atom is 0.124 e. The van der Waals surface area contributed by atoms with Crippen LogP contribution in [0.25, 0.3) is 0 Å². The van der Waals surface area contributed by atoms with Gasteiger partial charge in [-0.15, -0.1) is 0 Å². The highest BCUT2D eigenvalue weighted by atomic mass is 16.5. The summed E-state index contributed by atoms with van der Waals surface area (Å²) in [4.78, 5) is 2.11. The summed E-state index contributed by atoms with van der Waals surface area (Å²) in [6.07, 6.45) is 0. The van der Waals surface area contributed by atoms with Gasteiger partial charge in [-0.2, -0.15) is 0 Å². The smallest absolute Gasteiger partial charge is 0.124 e. The van der Waals surface area contributed by atoms with Crippen molar-refractivity contribution in [1.29, 1.82) is 5.41 Å². The summed E-state index contributed by atoms with van der Waals surface area (Å²) >= 11 is 0. The zero-order valence-corrected chi connectivity index (χ0v) is 11.8. The highest BCUT2D eigenvalue weighted by Crippen LogP contribution is 2.31. The molecule has 0 heterocycles. The first-order valence-electron chi connectivity index (χ1n) is 6.52. The van der Waals surface area contributed by atoms with Gasteiger partial charge in [0.2, 0.25) is 0 Å². The van der Waals surface area contributed by atoms with E-state index in [0.29, 0.717) is 5.56 Å². The standard InChI is InChI=1S/C16H19N3O/c1-3-19(12-7-5-4-6-8-12)15-11-13(20-2)9-10-14(15)16(17)18/h4-11H,3H2,1-2H3,(H3,17,18). The Bertz CT molecular complexity index is 596. The van der Waals surface area contributed by atoms with E-state index >= 15 is 0 Å². The molecule has 20 heavy (non-hydrogen) atoms. The van der Waals surface area contributed by atoms with Crippen molar-refractivity contribution in [1.82, 2.24) is 0 Å². The largest absolute Gasteiger partial charge is 0.497 e. The minimum Gasteiger partial charge on any atom is -0.497 e. The summed E-state index contributed by atoms with van der Waals surface area (Å²) in [6, 6.07) is 15.6. The van der Waals surface area contributed by atoms with E-state index in [2.05, 4.69) is 11.8 Å². The van der Waals surface area contributed by atoms with Crippen molar-refractivity contribution in [3.8, 4) is 5.75 Å². The summed E-state index contributed by atoms with van der Waals surface area (Å²) in [5, 5.41) is 7.75. The van der Waals surface area contributed by atoms with Crippen LogP contribution in [-0.2, 0) is 0 Å². The van der Waals surface area contributed by atoms with Gasteiger partial charge < -0.3 is 15.4 Å². The Morgan fingerprint density at radius 1 is 1.20 bits per heavy atom. The van der Waals surface area contributed by atoms with Gasteiger partial charge in [-0.05, 0) is 31.2 Å². The van der Waals surface area contributed by atoms with E-state index in [4.69, 9.17) is 15.9 Å². The topological polar surface area (TPSA) is 62.3 Å². The Labute approximate surface area is 119 Å². The maximum atomic E-state index is 7.75. The summed E-state index contributed by atoms with van der Waals surface area (Å²) < 4.78 is 5.28. The molecule has 2 aromatic rings. The van der Waals surface area contributed by atoms with E-state index in [-0.39, 0.29) is 5.84 Å². The van der Waals surface area contributed by atoms with Crippen LogP contribution < -0.4 is 15.4 Å². The lowest BCUT2D eigenvalue weighted by Gasteiger charge is -2.26. The first kappa shape index (κ1) is 13.9. The van der Waals surface area contributed by atoms with E-state index in [1.165, 1.54) is 0 Å². The fourth-order valence-electron chi connectivity index (χ4n) is 2.19. The van der Waals surface area contributed by atoms with Crippen LogP contribution in [0.4, 0.5) is 11.4 Å². The van der Waals surface area contributed by atoms with Crippen LogP contribution in [-0.4, -0.2) is 19.5 Å². The quantitative estimate of drug-likeness (QED) is 0.647. The number of amidine groups is 1. The van der Waals surface area contributed by atoms with Gasteiger partial charge in [0, 0.05) is 23.9 Å². The molecule has 0 aliphatic rings. The Morgan fingerprint density at radius 2 is 1.90 bits per heavy atom. The first-order valence-corrected chi connectivity index (χ1v) is 6.52. The van der Waals surface area contributed by atoms with Crippen molar-refractivity contribution >= 4 is 17.2 Å². The van der Waals surface area contributed by atoms with Gasteiger partial charge in [-0.3, -0.25) is 5.41 Å². The fraction of sp³-hybridized carbons (Fsp3) is 0.188. The van der Waals surface area contributed by atoms with Gasteiger partial charge in [0.1, 0.15) is 11.6 Å². The third kappa shape index (κ3) is 2.74. The van der Waals surface area contributed by atoms with Gasteiger partial charge in [-0.25, -0.2) is 0 Å². The number of rotatable bonds is 5. The normalized spacial score (nSPS) is 10.1. The molecule has 0 atom stereocenters. The van der Waals surface area contributed by atoms with Gasteiger partial charge in [0.05, 0.1) is 12.8 Å². The maximum absolute atomic E-state index is 7.75. The molecule has 0 saturated heterocycles. The number of nitrogens with two attached hydrogens (primary N) is 1. The molecule has 4 heteroatoms. The average Bonchev–Trinajstić information content (AvgIpc) is 2.48. The van der Waals surface area contributed by atoms with E-state index in [1.807, 2.05) is 48.5 Å². The number of anilines is 2. The third-order valence-corrected chi connectivity index (χ3v) is 3.17. The van der Waals surface area contributed by atoms with E-state index in [0.717, 1.165) is 23.7 Å². The number of para-hydroxylation sites is 1. The van der Waals surface area contributed by atoms with Crippen molar-refractivity contribution in [3.05, 3.63) is 54.1 Å². The molecule has 0 saturated carbocycles. The minimum absolute atomic E-state index is 0.0528.